The van der Waals surface area contributed by atoms with E-state index in [4.69, 9.17) is 12.2 Å². The van der Waals surface area contributed by atoms with E-state index in [0.717, 1.165) is 54.2 Å². The molecular weight excluding hydrogens is 368 g/mol. The Morgan fingerprint density at radius 1 is 0.964 bits per heavy atom. The molecule has 0 amide bonds. The standard InChI is InChI=1S/C21H22N6S/c1-16(18-8-4-6-17-7-5-11-23-20(17)18)24-25-21(28)27-14-12-26(13-15-27)19-9-2-3-10-22-19/h2-11H,12-15H2,1H3,(H,25,28)/b24-16+. The number of hydrogen-bond donors (Lipinski definition) is 1. The molecule has 0 aliphatic carbocycles. The molecule has 1 aliphatic rings. The molecule has 1 fully saturated rings. The van der Waals surface area contributed by atoms with Crippen molar-refractivity contribution in [2.75, 3.05) is 31.1 Å². The van der Waals surface area contributed by atoms with Crippen LogP contribution in [-0.4, -0.2) is 51.9 Å². The molecule has 1 N–H and O–H groups in total. The molecule has 142 valence electrons. The minimum absolute atomic E-state index is 0.646. The molecule has 0 saturated carbocycles. The van der Waals surface area contributed by atoms with Crippen molar-refractivity contribution in [3.05, 3.63) is 66.5 Å². The van der Waals surface area contributed by atoms with Crippen LogP contribution in [0.25, 0.3) is 10.9 Å². The number of aromatic nitrogens is 2. The number of hydrazone groups is 1. The molecule has 0 unspecified atom stereocenters. The van der Waals surface area contributed by atoms with Crippen LogP contribution in [0, 0.1) is 0 Å². The molecule has 1 aliphatic heterocycles. The number of anilines is 1. The largest absolute Gasteiger partial charge is 0.353 e. The summed E-state index contributed by atoms with van der Waals surface area (Å²) in [5, 5.41) is 6.26. The molecule has 1 saturated heterocycles. The molecule has 28 heavy (non-hydrogen) atoms. The van der Waals surface area contributed by atoms with Gasteiger partial charge in [-0.25, -0.2) is 4.98 Å². The van der Waals surface area contributed by atoms with Crippen molar-refractivity contribution in [2.45, 2.75) is 6.92 Å². The van der Waals surface area contributed by atoms with E-state index in [1.165, 1.54) is 0 Å². The Morgan fingerprint density at radius 3 is 2.54 bits per heavy atom. The van der Waals surface area contributed by atoms with Crippen molar-refractivity contribution in [1.82, 2.24) is 20.3 Å². The Morgan fingerprint density at radius 2 is 1.75 bits per heavy atom. The number of rotatable bonds is 3. The van der Waals surface area contributed by atoms with Crippen LogP contribution < -0.4 is 10.3 Å². The first-order valence-electron chi connectivity index (χ1n) is 9.32. The maximum absolute atomic E-state index is 5.55. The SMILES string of the molecule is C/C(=N\NC(=S)N1CCN(c2ccccn2)CC1)c1cccc2cccnc12. The summed E-state index contributed by atoms with van der Waals surface area (Å²) >= 11 is 5.55. The minimum Gasteiger partial charge on any atom is -0.353 e. The Balaban J connectivity index is 1.39. The van der Waals surface area contributed by atoms with Gasteiger partial charge in [0.25, 0.3) is 0 Å². The van der Waals surface area contributed by atoms with Gasteiger partial charge in [0.2, 0.25) is 0 Å². The number of pyridine rings is 2. The lowest BCUT2D eigenvalue weighted by molar-refractivity contribution is 0.380. The van der Waals surface area contributed by atoms with Crippen molar-refractivity contribution in [2.24, 2.45) is 5.10 Å². The topological polar surface area (TPSA) is 56.7 Å². The van der Waals surface area contributed by atoms with Gasteiger partial charge in [-0.2, -0.15) is 5.10 Å². The van der Waals surface area contributed by atoms with E-state index < -0.39 is 0 Å². The predicted molar refractivity (Wildman–Crippen MR) is 118 cm³/mol. The van der Waals surface area contributed by atoms with E-state index in [9.17, 15) is 0 Å². The summed E-state index contributed by atoms with van der Waals surface area (Å²) in [4.78, 5) is 13.3. The predicted octanol–water partition coefficient (Wildman–Crippen LogP) is 3.05. The van der Waals surface area contributed by atoms with E-state index in [2.05, 4.69) is 42.4 Å². The van der Waals surface area contributed by atoms with Crippen LogP contribution in [0.5, 0.6) is 0 Å². The number of thiocarbonyl (C=S) groups is 1. The van der Waals surface area contributed by atoms with Gasteiger partial charge in [-0.1, -0.05) is 30.3 Å². The first-order valence-corrected chi connectivity index (χ1v) is 9.72. The third kappa shape index (κ3) is 3.94. The second kappa shape index (κ2) is 8.31. The first-order chi connectivity index (χ1) is 13.7. The summed E-state index contributed by atoms with van der Waals surface area (Å²) in [7, 11) is 0. The zero-order chi connectivity index (χ0) is 19.3. The molecule has 0 radical (unpaired) electrons. The lowest BCUT2D eigenvalue weighted by Crippen LogP contribution is -2.51. The summed E-state index contributed by atoms with van der Waals surface area (Å²) in [6, 6.07) is 16.1. The fraction of sp³-hybridized carbons (Fsp3) is 0.238. The second-order valence-corrected chi connectivity index (χ2v) is 7.04. The molecule has 2 aromatic heterocycles. The van der Waals surface area contributed by atoms with Gasteiger partial charge in [0, 0.05) is 49.5 Å². The number of hydrogen-bond acceptors (Lipinski definition) is 5. The molecule has 1 aromatic carbocycles. The first kappa shape index (κ1) is 18.3. The monoisotopic (exact) mass is 390 g/mol. The maximum atomic E-state index is 5.55. The van der Waals surface area contributed by atoms with E-state index in [1.54, 1.807) is 6.20 Å². The smallest absolute Gasteiger partial charge is 0.189 e. The van der Waals surface area contributed by atoms with Crippen molar-refractivity contribution >= 4 is 39.8 Å². The average molecular weight is 391 g/mol. The molecule has 0 bridgehead atoms. The van der Waals surface area contributed by atoms with Gasteiger partial charge in [0.05, 0.1) is 11.2 Å². The zero-order valence-corrected chi connectivity index (χ0v) is 16.6. The Kier molecular flexibility index (Phi) is 5.43. The fourth-order valence-corrected chi connectivity index (χ4v) is 3.57. The Labute approximate surface area is 169 Å². The van der Waals surface area contributed by atoms with Crippen molar-refractivity contribution in [3.8, 4) is 0 Å². The van der Waals surface area contributed by atoms with Gasteiger partial charge in [-0.15, -0.1) is 0 Å². The van der Waals surface area contributed by atoms with E-state index in [0.29, 0.717) is 5.11 Å². The number of piperazine rings is 1. The number of nitrogens with one attached hydrogen (secondary N) is 1. The number of fused-ring (bicyclic) bond motifs is 1. The van der Waals surface area contributed by atoms with Gasteiger partial charge in [0.15, 0.2) is 5.11 Å². The van der Waals surface area contributed by atoms with Gasteiger partial charge in [0.1, 0.15) is 5.82 Å². The minimum atomic E-state index is 0.646. The molecule has 7 heteroatoms. The van der Waals surface area contributed by atoms with E-state index in [-0.39, 0.29) is 0 Å². The Bertz CT molecular complexity index is 991. The van der Waals surface area contributed by atoms with Crippen LogP contribution in [0.2, 0.25) is 0 Å². The fourth-order valence-electron chi connectivity index (χ4n) is 3.34. The summed E-state index contributed by atoms with van der Waals surface area (Å²) in [6.45, 7) is 5.42. The molecule has 3 aromatic rings. The van der Waals surface area contributed by atoms with Crippen LogP contribution in [0.15, 0.2) is 66.0 Å². The van der Waals surface area contributed by atoms with Crippen LogP contribution in [0.4, 0.5) is 5.82 Å². The highest BCUT2D eigenvalue weighted by Crippen LogP contribution is 2.17. The van der Waals surface area contributed by atoms with Crippen LogP contribution in [-0.2, 0) is 0 Å². The Hall–Kier alpha value is -3.06. The second-order valence-electron chi connectivity index (χ2n) is 6.66. The number of para-hydroxylation sites is 1. The summed E-state index contributed by atoms with van der Waals surface area (Å²) in [6.07, 6.45) is 3.63. The highest BCUT2D eigenvalue weighted by atomic mass is 32.1. The highest BCUT2D eigenvalue weighted by molar-refractivity contribution is 7.80. The number of benzene rings is 1. The lowest BCUT2D eigenvalue weighted by Gasteiger charge is -2.36. The molecule has 3 heterocycles. The lowest BCUT2D eigenvalue weighted by atomic mass is 10.1. The van der Waals surface area contributed by atoms with E-state index in [1.807, 2.05) is 49.5 Å². The van der Waals surface area contributed by atoms with E-state index >= 15 is 0 Å². The van der Waals surface area contributed by atoms with Gasteiger partial charge in [-0.3, -0.25) is 10.4 Å². The third-order valence-electron chi connectivity index (χ3n) is 4.88. The number of nitrogens with zero attached hydrogens (tertiary/aromatic N) is 5. The van der Waals surface area contributed by atoms with Crippen LogP contribution in [0.3, 0.4) is 0 Å². The van der Waals surface area contributed by atoms with Crippen LogP contribution >= 0.6 is 12.2 Å². The normalized spacial score (nSPS) is 15.0. The summed E-state index contributed by atoms with van der Waals surface area (Å²) in [5.41, 5.74) is 5.87. The molecule has 4 rings (SSSR count). The molecule has 0 spiro atoms. The van der Waals surface area contributed by atoms with Gasteiger partial charge in [-0.05, 0) is 37.3 Å². The van der Waals surface area contributed by atoms with Crippen LogP contribution in [0.1, 0.15) is 12.5 Å². The average Bonchev–Trinajstić information content (AvgIpc) is 2.77. The summed E-state index contributed by atoms with van der Waals surface area (Å²) < 4.78 is 0. The van der Waals surface area contributed by atoms with Crippen molar-refractivity contribution < 1.29 is 0 Å². The zero-order valence-electron chi connectivity index (χ0n) is 15.7. The molecular formula is C21H22N6S. The molecule has 0 atom stereocenters. The molecule has 6 nitrogen and oxygen atoms in total. The van der Waals surface area contributed by atoms with Gasteiger partial charge < -0.3 is 9.80 Å². The highest BCUT2D eigenvalue weighted by Gasteiger charge is 2.19. The van der Waals surface area contributed by atoms with Crippen molar-refractivity contribution in [1.29, 1.82) is 0 Å². The van der Waals surface area contributed by atoms with Crippen molar-refractivity contribution in [3.63, 3.8) is 0 Å². The maximum Gasteiger partial charge on any atom is 0.189 e. The third-order valence-corrected chi connectivity index (χ3v) is 5.23. The summed E-state index contributed by atoms with van der Waals surface area (Å²) in [5.74, 6) is 1.01. The van der Waals surface area contributed by atoms with Gasteiger partial charge >= 0.3 is 0 Å². The quantitative estimate of drug-likeness (QED) is 0.421.